The van der Waals surface area contributed by atoms with Crippen LogP contribution in [-0.2, 0) is 0 Å². The molecule has 2 aromatic carbocycles. The molecule has 0 unspecified atom stereocenters. The molecule has 1 aliphatic carbocycles. The molecular weight excluding hydrogens is 406 g/mol. The highest BCUT2D eigenvalue weighted by molar-refractivity contribution is 8.00. The van der Waals surface area contributed by atoms with Gasteiger partial charge in [-0.15, -0.1) is 0 Å². The van der Waals surface area contributed by atoms with Crippen LogP contribution in [0.25, 0.3) is 23.0 Å². The van der Waals surface area contributed by atoms with Crippen LogP contribution in [0.2, 0.25) is 0 Å². The normalized spacial score (nSPS) is 14.2. The van der Waals surface area contributed by atoms with Crippen LogP contribution in [0.3, 0.4) is 0 Å². The number of benzene rings is 2. The summed E-state index contributed by atoms with van der Waals surface area (Å²) in [6, 6.07) is 20.1. The van der Waals surface area contributed by atoms with Crippen molar-refractivity contribution in [3.63, 3.8) is 0 Å². The van der Waals surface area contributed by atoms with Crippen LogP contribution < -0.4 is 10.0 Å². The number of anilines is 2. The SMILES string of the molecule is C=C(Nc1cccc(NSc2ccc(-c3noc(-c4ccc[nH]4)n3)cc2)c1)C1(C)CC1. The van der Waals surface area contributed by atoms with Gasteiger partial charge in [0.25, 0.3) is 5.89 Å². The first kappa shape index (κ1) is 19.5. The van der Waals surface area contributed by atoms with E-state index in [1.54, 1.807) is 11.9 Å². The molecule has 156 valence electrons. The lowest BCUT2D eigenvalue weighted by Crippen LogP contribution is -2.08. The fourth-order valence-corrected chi connectivity index (χ4v) is 3.81. The van der Waals surface area contributed by atoms with Gasteiger partial charge in [0.15, 0.2) is 0 Å². The lowest BCUT2D eigenvalue weighted by atomic mass is 10.1. The molecule has 1 fully saturated rings. The molecule has 1 aliphatic rings. The molecular formula is C24H23N5OS. The minimum Gasteiger partial charge on any atom is -0.359 e. The van der Waals surface area contributed by atoms with Crippen LogP contribution in [0, 0.1) is 5.41 Å². The fraction of sp³-hybridized carbons (Fsp3) is 0.167. The summed E-state index contributed by atoms with van der Waals surface area (Å²) in [5.74, 6) is 1.05. The van der Waals surface area contributed by atoms with E-state index in [2.05, 4.69) is 56.9 Å². The van der Waals surface area contributed by atoms with Crippen LogP contribution >= 0.6 is 11.9 Å². The zero-order valence-electron chi connectivity index (χ0n) is 17.2. The summed E-state index contributed by atoms with van der Waals surface area (Å²) in [7, 11) is 0. The Morgan fingerprint density at radius 3 is 2.65 bits per heavy atom. The van der Waals surface area contributed by atoms with Gasteiger partial charge in [-0.3, -0.25) is 0 Å². The molecule has 0 bridgehead atoms. The molecule has 7 heteroatoms. The number of allylic oxidation sites excluding steroid dienone is 1. The van der Waals surface area contributed by atoms with E-state index in [0.29, 0.717) is 11.7 Å². The summed E-state index contributed by atoms with van der Waals surface area (Å²) in [5.41, 5.74) is 5.14. The molecule has 0 atom stereocenters. The van der Waals surface area contributed by atoms with Crippen LogP contribution in [0.4, 0.5) is 11.4 Å². The van der Waals surface area contributed by atoms with Gasteiger partial charge in [-0.2, -0.15) is 4.98 Å². The van der Waals surface area contributed by atoms with Crippen LogP contribution in [0.1, 0.15) is 19.8 Å². The van der Waals surface area contributed by atoms with Crippen molar-refractivity contribution in [1.82, 2.24) is 15.1 Å². The Labute approximate surface area is 185 Å². The third-order valence-corrected chi connectivity index (χ3v) is 6.39. The molecule has 4 aromatic rings. The first-order chi connectivity index (χ1) is 15.1. The molecule has 6 nitrogen and oxygen atoms in total. The Balaban J connectivity index is 1.21. The molecule has 0 radical (unpaired) electrons. The van der Waals surface area contributed by atoms with E-state index >= 15 is 0 Å². The Morgan fingerprint density at radius 2 is 1.90 bits per heavy atom. The highest BCUT2D eigenvalue weighted by Gasteiger charge is 2.40. The van der Waals surface area contributed by atoms with Crippen molar-refractivity contribution in [3.8, 4) is 23.0 Å². The first-order valence-electron chi connectivity index (χ1n) is 10.2. The fourth-order valence-electron chi connectivity index (χ4n) is 3.18. The summed E-state index contributed by atoms with van der Waals surface area (Å²) in [4.78, 5) is 8.61. The molecule has 0 amide bonds. The van der Waals surface area contributed by atoms with Gasteiger partial charge in [0, 0.05) is 39.1 Å². The lowest BCUT2D eigenvalue weighted by molar-refractivity contribution is 0.431. The number of aromatic amines is 1. The summed E-state index contributed by atoms with van der Waals surface area (Å²) in [5, 5.41) is 7.53. The predicted octanol–water partition coefficient (Wildman–Crippen LogP) is 6.58. The maximum atomic E-state index is 5.34. The Kier molecular flexibility index (Phi) is 5.03. The molecule has 0 saturated heterocycles. The second-order valence-electron chi connectivity index (χ2n) is 7.98. The van der Waals surface area contributed by atoms with Crippen LogP contribution in [-0.4, -0.2) is 15.1 Å². The third kappa shape index (κ3) is 4.36. The average Bonchev–Trinajstić information content (AvgIpc) is 3.19. The van der Waals surface area contributed by atoms with E-state index < -0.39 is 0 Å². The zero-order chi connectivity index (χ0) is 21.3. The molecule has 5 rings (SSSR count). The van der Waals surface area contributed by atoms with Gasteiger partial charge in [-0.25, -0.2) is 0 Å². The van der Waals surface area contributed by atoms with E-state index in [-0.39, 0.29) is 5.41 Å². The average molecular weight is 430 g/mol. The second kappa shape index (κ2) is 8.00. The predicted molar refractivity (Wildman–Crippen MR) is 126 cm³/mol. The first-order valence-corrected chi connectivity index (χ1v) is 11.0. The van der Waals surface area contributed by atoms with Crippen LogP contribution in [0.5, 0.6) is 0 Å². The number of hydrogen-bond donors (Lipinski definition) is 3. The van der Waals surface area contributed by atoms with Gasteiger partial charge in [-0.1, -0.05) is 24.7 Å². The third-order valence-electron chi connectivity index (χ3n) is 5.54. The van der Waals surface area contributed by atoms with Crippen LogP contribution in [0.15, 0.2) is 88.6 Å². The molecule has 31 heavy (non-hydrogen) atoms. The zero-order valence-corrected chi connectivity index (χ0v) is 18.0. The van der Waals surface area contributed by atoms with Crippen molar-refractivity contribution in [1.29, 1.82) is 0 Å². The Morgan fingerprint density at radius 1 is 1.10 bits per heavy atom. The van der Waals surface area contributed by atoms with Crippen molar-refractivity contribution in [2.24, 2.45) is 5.41 Å². The number of nitrogens with zero attached hydrogens (tertiary/aromatic N) is 2. The van der Waals surface area contributed by atoms with Gasteiger partial charge in [0.05, 0.1) is 0 Å². The smallest absolute Gasteiger partial charge is 0.274 e. The van der Waals surface area contributed by atoms with Gasteiger partial charge in [0.1, 0.15) is 5.69 Å². The monoisotopic (exact) mass is 429 g/mol. The number of hydrogen-bond acceptors (Lipinski definition) is 6. The number of rotatable bonds is 8. The quantitative estimate of drug-likeness (QED) is 0.275. The van der Waals surface area contributed by atoms with Crippen molar-refractivity contribution in [2.45, 2.75) is 24.7 Å². The number of aromatic nitrogens is 3. The maximum Gasteiger partial charge on any atom is 0.274 e. The maximum absolute atomic E-state index is 5.34. The summed E-state index contributed by atoms with van der Waals surface area (Å²) < 4.78 is 8.74. The van der Waals surface area contributed by atoms with E-state index in [0.717, 1.165) is 33.2 Å². The van der Waals surface area contributed by atoms with Gasteiger partial charge >= 0.3 is 0 Å². The molecule has 0 spiro atoms. The molecule has 3 N–H and O–H groups in total. The Bertz CT molecular complexity index is 1190. The van der Waals surface area contributed by atoms with Crippen molar-refractivity contribution < 1.29 is 4.52 Å². The molecule has 2 aromatic heterocycles. The minimum atomic E-state index is 0.251. The highest BCUT2D eigenvalue weighted by Crippen LogP contribution is 2.50. The standard InChI is InChI=1S/C24H23N5OS/c1-16(24(2)12-13-24)26-18-5-3-6-19(15-18)29-31-20-10-8-17(9-11-20)22-27-23(30-28-22)21-7-4-14-25-21/h3-11,14-15,25-26,29H,1,12-13H2,2H3. The summed E-state index contributed by atoms with van der Waals surface area (Å²) in [6.07, 6.45) is 4.24. The summed E-state index contributed by atoms with van der Waals surface area (Å²) >= 11 is 1.56. The van der Waals surface area contributed by atoms with E-state index in [9.17, 15) is 0 Å². The molecule has 2 heterocycles. The topological polar surface area (TPSA) is 78.8 Å². The van der Waals surface area contributed by atoms with E-state index in [1.165, 1.54) is 12.8 Å². The summed E-state index contributed by atoms with van der Waals surface area (Å²) in [6.45, 7) is 6.45. The second-order valence-corrected chi connectivity index (χ2v) is 8.86. The Hall–Kier alpha value is -3.45. The lowest BCUT2D eigenvalue weighted by Gasteiger charge is -2.16. The van der Waals surface area contributed by atoms with Gasteiger partial charge in [-0.05, 0) is 79.4 Å². The van der Waals surface area contributed by atoms with E-state index in [4.69, 9.17) is 4.52 Å². The van der Waals surface area contributed by atoms with Gasteiger partial charge in [0.2, 0.25) is 5.82 Å². The highest BCUT2D eigenvalue weighted by atomic mass is 32.2. The van der Waals surface area contributed by atoms with Crippen molar-refractivity contribution >= 4 is 23.3 Å². The van der Waals surface area contributed by atoms with Gasteiger partial charge < -0.3 is 19.5 Å². The van der Waals surface area contributed by atoms with E-state index in [1.807, 2.05) is 48.7 Å². The number of H-pyrrole nitrogens is 1. The minimum absolute atomic E-state index is 0.251. The molecule has 1 saturated carbocycles. The van der Waals surface area contributed by atoms with Crippen molar-refractivity contribution in [3.05, 3.63) is 79.1 Å². The van der Waals surface area contributed by atoms with Crippen molar-refractivity contribution in [2.75, 3.05) is 10.0 Å². The largest absolute Gasteiger partial charge is 0.359 e. The number of nitrogens with one attached hydrogen (secondary N) is 3. The molecule has 0 aliphatic heterocycles.